The van der Waals surface area contributed by atoms with E-state index in [1.165, 1.54) is 6.21 Å². The van der Waals surface area contributed by atoms with Gasteiger partial charge < -0.3 is 15.4 Å². The highest BCUT2D eigenvalue weighted by Crippen LogP contribution is 2.20. The molecule has 0 atom stereocenters. The molecule has 150 valence electrons. The topological polar surface area (TPSA) is 109 Å². The zero-order valence-corrected chi connectivity index (χ0v) is 16.1. The van der Waals surface area contributed by atoms with E-state index in [0.717, 1.165) is 12.8 Å². The van der Waals surface area contributed by atoms with Gasteiger partial charge in [-0.05, 0) is 54.8 Å². The van der Waals surface area contributed by atoms with Gasteiger partial charge >= 0.3 is 11.8 Å². The number of hydrogen-bond donors (Lipinski definition) is 3. The van der Waals surface area contributed by atoms with Gasteiger partial charge in [-0.3, -0.25) is 14.4 Å². The number of carbonyl (C=O) groups excluding carboxylic acids is 3. The first-order valence-electron chi connectivity index (χ1n) is 8.92. The summed E-state index contributed by atoms with van der Waals surface area (Å²) in [5, 5.41) is 9.43. The fraction of sp³-hybridized carbons (Fsp3) is 0.200. The van der Waals surface area contributed by atoms with Crippen LogP contribution in [0.1, 0.15) is 18.4 Å². The van der Waals surface area contributed by atoms with Crippen molar-refractivity contribution in [1.82, 2.24) is 10.7 Å². The highest BCUT2D eigenvalue weighted by Gasteiger charge is 2.26. The van der Waals surface area contributed by atoms with Gasteiger partial charge in [-0.15, -0.1) is 0 Å². The Balaban J connectivity index is 1.42. The number of amides is 3. The molecule has 0 radical (unpaired) electrons. The molecule has 0 saturated heterocycles. The Morgan fingerprint density at radius 2 is 1.79 bits per heavy atom. The lowest BCUT2D eigenvalue weighted by Gasteiger charge is -2.08. The summed E-state index contributed by atoms with van der Waals surface area (Å²) in [7, 11) is 0. The summed E-state index contributed by atoms with van der Waals surface area (Å²) in [5.74, 6) is -1.35. The Morgan fingerprint density at radius 3 is 2.48 bits per heavy atom. The molecule has 0 unspecified atom stereocenters. The standard InChI is InChI=1S/C20H19ClN4O4/c21-16-3-1-2-4-17(16)24-18(26)12-29-15-9-5-13(6-10-15)11-22-25-20(28)19(27)23-14-7-8-14/h1-6,9-11,14H,7-8,12H2,(H,23,27)(H,24,26)(H,25,28)/b22-11-. The van der Waals surface area contributed by atoms with Crippen LogP contribution in [0.3, 0.4) is 0 Å². The summed E-state index contributed by atoms with van der Waals surface area (Å²) in [5.41, 5.74) is 3.37. The third kappa shape index (κ3) is 6.62. The molecule has 0 aliphatic heterocycles. The molecule has 1 fully saturated rings. The number of anilines is 1. The molecule has 3 amide bonds. The van der Waals surface area contributed by atoms with Crippen molar-refractivity contribution in [2.45, 2.75) is 18.9 Å². The molecule has 2 aromatic carbocycles. The number of nitrogens with zero attached hydrogens (tertiary/aromatic N) is 1. The van der Waals surface area contributed by atoms with Gasteiger partial charge in [-0.1, -0.05) is 23.7 Å². The van der Waals surface area contributed by atoms with Crippen LogP contribution < -0.4 is 20.8 Å². The molecule has 0 spiro atoms. The van der Waals surface area contributed by atoms with Crippen LogP contribution in [0.15, 0.2) is 53.6 Å². The zero-order valence-electron chi connectivity index (χ0n) is 15.4. The molecule has 0 bridgehead atoms. The Labute approximate surface area is 172 Å². The maximum atomic E-state index is 11.9. The van der Waals surface area contributed by atoms with Crippen molar-refractivity contribution in [2.24, 2.45) is 5.10 Å². The van der Waals surface area contributed by atoms with Crippen LogP contribution in [-0.2, 0) is 14.4 Å². The van der Waals surface area contributed by atoms with E-state index < -0.39 is 11.8 Å². The maximum Gasteiger partial charge on any atom is 0.329 e. The number of benzene rings is 2. The van der Waals surface area contributed by atoms with Crippen LogP contribution in [-0.4, -0.2) is 36.6 Å². The lowest BCUT2D eigenvalue weighted by molar-refractivity contribution is -0.139. The van der Waals surface area contributed by atoms with E-state index in [2.05, 4.69) is 21.2 Å². The normalized spacial score (nSPS) is 13.0. The van der Waals surface area contributed by atoms with Crippen LogP contribution in [0.2, 0.25) is 5.02 Å². The van der Waals surface area contributed by atoms with Gasteiger partial charge in [-0.25, -0.2) is 5.43 Å². The lowest BCUT2D eigenvalue weighted by Crippen LogP contribution is -2.38. The molecular formula is C20H19ClN4O4. The van der Waals surface area contributed by atoms with E-state index in [9.17, 15) is 14.4 Å². The molecule has 2 aromatic rings. The first kappa shape index (κ1) is 20.3. The minimum Gasteiger partial charge on any atom is -0.484 e. The van der Waals surface area contributed by atoms with Crippen molar-refractivity contribution < 1.29 is 19.1 Å². The molecule has 3 rings (SSSR count). The Morgan fingerprint density at radius 1 is 1.07 bits per heavy atom. The zero-order chi connectivity index (χ0) is 20.6. The van der Waals surface area contributed by atoms with Crippen molar-refractivity contribution in [3.8, 4) is 5.75 Å². The van der Waals surface area contributed by atoms with Gasteiger partial charge in [0.15, 0.2) is 6.61 Å². The van der Waals surface area contributed by atoms with Crippen LogP contribution in [0.25, 0.3) is 0 Å². The number of halogens is 1. The first-order valence-corrected chi connectivity index (χ1v) is 9.30. The summed E-state index contributed by atoms with van der Waals surface area (Å²) >= 11 is 5.99. The summed E-state index contributed by atoms with van der Waals surface area (Å²) in [4.78, 5) is 35.0. The van der Waals surface area contributed by atoms with E-state index in [-0.39, 0.29) is 18.6 Å². The summed E-state index contributed by atoms with van der Waals surface area (Å²) in [6.07, 6.45) is 3.20. The molecule has 0 heterocycles. The third-order valence-electron chi connectivity index (χ3n) is 3.90. The Bertz CT molecular complexity index is 926. The SMILES string of the molecule is O=C(COc1ccc(/C=N\NC(=O)C(=O)NC2CC2)cc1)Nc1ccccc1Cl. The van der Waals surface area contributed by atoms with E-state index in [1.807, 2.05) is 0 Å². The average molecular weight is 415 g/mol. The second-order valence-electron chi connectivity index (χ2n) is 6.33. The predicted molar refractivity (Wildman–Crippen MR) is 109 cm³/mol. The maximum absolute atomic E-state index is 11.9. The van der Waals surface area contributed by atoms with Gasteiger partial charge in [0.25, 0.3) is 5.91 Å². The van der Waals surface area contributed by atoms with E-state index >= 15 is 0 Å². The van der Waals surface area contributed by atoms with Gasteiger partial charge in [0.2, 0.25) is 0 Å². The number of hydrogen-bond acceptors (Lipinski definition) is 5. The quantitative estimate of drug-likeness (QED) is 0.366. The highest BCUT2D eigenvalue weighted by atomic mass is 35.5. The summed E-state index contributed by atoms with van der Waals surface area (Å²) in [6, 6.07) is 13.7. The second kappa shape index (κ2) is 9.70. The van der Waals surface area contributed by atoms with Gasteiger partial charge in [0.05, 0.1) is 16.9 Å². The van der Waals surface area contributed by atoms with Crippen LogP contribution in [0.4, 0.5) is 5.69 Å². The predicted octanol–water partition coefficient (Wildman–Crippen LogP) is 2.09. The van der Waals surface area contributed by atoms with Gasteiger partial charge in [0.1, 0.15) is 5.75 Å². The van der Waals surface area contributed by atoms with Gasteiger partial charge in [-0.2, -0.15) is 5.10 Å². The fourth-order valence-electron chi connectivity index (χ4n) is 2.24. The smallest absolute Gasteiger partial charge is 0.329 e. The number of para-hydroxylation sites is 1. The lowest BCUT2D eigenvalue weighted by atomic mass is 10.2. The second-order valence-corrected chi connectivity index (χ2v) is 6.74. The molecule has 1 aliphatic rings. The summed E-state index contributed by atoms with van der Waals surface area (Å²) < 4.78 is 5.43. The first-order chi connectivity index (χ1) is 14.0. The van der Waals surface area contributed by atoms with E-state index in [0.29, 0.717) is 22.0 Å². The number of rotatable bonds is 7. The van der Waals surface area contributed by atoms with Crippen LogP contribution >= 0.6 is 11.6 Å². The van der Waals surface area contributed by atoms with Crippen molar-refractivity contribution >= 4 is 41.2 Å². The highest BCUT2D eigenvalue weighted by molar-refractivity contribution is 6.35. The number of carbonyl (C=O) groups is 3. The Kier molecular flexibility index (Phi) is 6.80. The number of ether oxygens (including phenoxy) is 1. The molecule has 29 heavy (non-hydrogen) atoms. The van der Waals surface area contributed by atoms with Gasteiger partial charge in [0, 0.05) is 6.04 Å². The van der Waals surface area contributed by atoms with Crippen molar-refractivity contribution in [3.63, 3.8) is 0 Å². The molecule has 9 heteroatoms. The molecule has 3 N–H and O–H groups in total. The minimum atomic E-state index is -0.808. The van der Waals surface area contributed by atoms with Crippen molar-refractivity contribution in [2.75, 3.05) is 11.9 Å². The van der Waals surface area contributed by atoms with Crippen molar-refractivity contribution in [3.05, 3.63) is 59.1 Å². The van der Waals surface area contributed by atoms with E-state index in [4.69, 9.17) is 16.3 Å². The van der Waals surface area contributed by atoms with Crippen LogP contribution in [0, 0.1) is 0 Å². The average Bonchev–Trinajstić information content (AvgIpc) is 3.53. The monoisotopic (exact) mass is 414 g/mol. The molecule has 8 nitrogen and oxygen atoms in total. The van der Waals surface area contributed by atoms with Crippen molar-refractivity contribution in [1.29, 1.82) is 0 Å². The molecule has 1 saturated carbocycles. The molecule has 0 aromatic heterocycles. The number of nitrogens with one attached hydrogen (secondary N) is 3. The Hall–Kier alpha value is -3.39. The minimum absolute atomic E-state index is 0.108. The molecular weight excluding hydrogens is 396 g/mol. The summed E-state index contributed by atoms with van der Waals surface area (Å²) in [6.45, 7) is -0.176. The third-order valence-corrected chi connectivity index (χ3v) is 4.23. The number of hydrazone groups is 1. The van der Waals surface area contributed by atoms with E-state index in [1.54, 1.807) is 48.5 Å². The van der Waals surface area contributed by atoms with Crippen LogP contribution in [0.5, 0.6) is 5.75 Å². The fourth-order valence-corrected chi connectivity index (χ4v) is 2.43. The largest absolute Gasteiger partial charge is 0.484 e. The molecule has 1 aliphatic carbocycles.